The summed E-state index contributed by atoms with van der Waals surface area (Å²) in [4.78, 5) is 14.3. The van der Waals surface area contributed by atoms with Gasteiger partial charge in [0, 0.05) is 24.2 Å². The van der Waals surface area contributed by atoms with Gasteiger partial charge in [0.05, 0.1) is 10.6 Å². The van der Waals surface area contributed by atoms with Gasteiger partial charge in [-0.2, -0.15) is 0 Å². The van der Waals surface area contributed by atoms with Crippen molar-refractivity contribution in [1.29, 1.82) is 0 Å². The first-order valence-corrected chi connectivity index (χ1v) is 6.82. The fourth-order valence-corrected chi connectivity index (χ4v) is 2.50. The van der Waals surface area contributed by atoms with Crippen LogP contribution in [0.4, 0.5) is 0 Å². The van der Waals surface area contributed by atoms with E-state index >= 15 is 0 Å². The second-order valence-electron chi connectivity index (χ2n) is 4.51. The molecule has 3 nitrogen and oxygen atoms in total. The van der Waals surface area contributed by atoms with Crippen LogP contribution in [0.3, 0.4) is 0 Å². The number of carbonyl (C=O) groups is 1. The second kappa shape index (κ2) is 5.91. The van der Waals surface area contributed by atoms with Gasteiger partial charge < -0.3 is 10.2 Å². The van der Waals surface area contributed by atoms with Crippen LogP contribution < -0.4 is 5.32 Å². The number of nitrogens with one attached hydrogen (secondary N) is 1. The Kier molecular flexibility index (Phi) is 4.49. The van der Waals surface area contributed by atoms with E-state index in [1.807, 2.05) is 4.90 Å². The third kappa shape index (κ3) is 2.97. The van der Waals surface area contributed by atoms with E-state index in [4.69, 9.17) is 23.2 Å². The molecule has 1 N–H and O–H groups in total. The zero-order chi connectivity index (χ0) is 13.1. The molecule has 1 heterocycles. The van der Waals surface area contributed by atoms with E-state index in [1.54, 1.807) is 18.2 Å². The molecular weight excluding hydrogens is 271 g/mol. The maximum absolute atomic E-state index is 12.5. The van der Waals surface area contributed by atoms with Crippen LogP contribution in [-0.2, 0) is 0 Å². The van der Waals surface area contributed by atoms with Gasteiger partial charge in [-0.1, -0.05) is 23.2 Å². The highest BCUT2D eigenvalue weighted by Crippen LogP contribution is 2.23. The molecule has 1 unspecified atom stereocenters. The largest absolute Gasteiger partial charge is 0.335 e. The van der Waals surface area contributed by atoms with Gasteiger partial charge in [-0.15, -0.1) is 0 Å². The quantitative estimate of drug-likeness (QED) is 0.861. The van der Waals surface area contributed by atoms with Gasteiger partial charge in [-0.25, -0.2) is 0 Å². The van der Waals surface area contributed by atoms with Crippen molar-refractivity contribution >= 4 is 29.1 Å². The smallest absolute Gasteiger partial charge is 0.255 e. The molecule has 2 rings (SSSR count). The minimum atomic E-state index is -0.0429. The molecule has 1 fully saturated rings. The number of hydrogen-bond acceptors (Lipinski definition) is 2. The van der Waals surface area contributed by atoms with Crippen molar-refractivity contribution in [3.8, 4) is 0 Å². The standard InChI is InChI=1S/C13H16Cl2N2O/c1-9-4-5-16-6-7-17(9)13(18)11-8-10(14)2-3-12(11)15/h2-3,8-9,16H,4-7H2,1H3. The van der Waals surface area contributed by atoms with Gasteiger partial charge in [-0.3, -0.25) is 4.79 Å². The molecule has 1 saturated heterocycles. The van der Waals surface area contributed by atoms with Crippen molar-refractivity contribution < 1.29 is 4.79 Å². The van der Waals surface area contributed by atoms with Crippen LogP contribution in [0.5, 0.6) is 0 Å². The van der Waals surface area contributed by atoms with Crippen molar-refractivity contribution in [2.24, 2.45) is 0 Å². The number of hydrogen-bond donors (Lipinski definition) is 1. The predicted octanol–water partition coefficient (Wildman–Crippen LogP) is 2.82. The molecule has 98 valence electrons. The van der Waals surface area contributed by atoms with Crippen molar-refractivity contribution in [1.82, 2.24) is 10.2 Å². The van der Waals surface area contributed by atoms with E-state index < -0.39 is 0 Å². The monoisotopic (exact) mass is 286 g/mol. The van der Waals surface area contributed by atoms with E-state index in [1.165, 1.54) is 0 Å². The SMILES string of the molecule is CC1CCNCCN1C(=O)c1cc(Cl)ccc1Cl. The Bertz CT molecular complexity index is 451. The van der Waals surface area contributed by atoms with Gasteiger partial charge in [0.1, 0.15) is 0 Å². The zero-order valence-electron chi connectivity index (χ0n) is 10.2. The lowest BCUT2D eigenvalue weighted by atomic mass is 10.1. The fraction of sp³-hybridized carbons (Fsp3) is 0.462. The Hall–Kier alpha value is -0.770. The number of benzene rings is 1. The van der Waals surface area contributed by atoms with Crippen LogP contribution in [0.1, 0.15) is 23.7 Å². The third-order valence-electron chi connectivity index (χ3n) is 3.22. The molecular formula is C13H16Cl2N2O. The normalized spacial score (nSPS) is 20.6. The molecule has 0 aromatic heterocycles. The lowest BCUT2D eigenvalue weighted by Gasteiger charge is -2.27. The fourth-order valence-electron chi connectivity index (χ4n) is 2.13. The first kappa shape index (κ1) is 13.7. The minimum absolute atomic E-state index is 0.0429. The summed E-state index contributed by atoms with van der Waals surface area (Å²) in [7, 11) is 0. The lowest BCUT2D eigenvalue weighted by molar-refractivity contribution is 0.0705. The molecule has 5 heteroatoms. The maximum atomic E-state index is 12.5. The molecule has 0 spiro atoms. The van der Waals surface area contributed by atoms with Crippen molar-refractivity contribution in [2.75, 3.05) is 19.6 Å². The molecule has 0 bridgehead atoms. The molecule has 18 heavy (non-hydrogen) atoms. The molecule has 1 aliphatic heterocycles. The molecule has 0 radical (unpaired) electrons. The zero-order valence-corrected chi connectivity index (χ0v) is 11.8. The average Bonchev–Trinajstić information content (AvgIpc) is 2.56. The third-order valence-corrected chi connectivity index (χ3v) is 3.78. The molecule has 1 aromatic rings. The van der Waals surface area contributed by atoms with Crippen molar-refractivity contribution in [3.05, 3.63) is 33.8 Å². The topological polar surface area (TPSA) is 32.3 Å². The Balaban J connectivity index is 2.26. The number of amides is 1. The molecule has 1 amide bonds. The highest BCUT2D eigenvalue weighted by atomic mass is 35.5. The summed E-state index contributed by atoms with van der Waals surface area (Å²) in [6.45, 7) is 4.51. The van der Waals surface area contributed by atoms with Crippen molar-refractivity contribution in [3.63, 3.8) is 0 Å². The van der Waals surface area contributed by atoms with Gasteiger partial charge in [0.2, 0.25) is 0 Å². The van der Waals surface area contributed by atoms with E-state index in [2.05, 4.69) is 12.2 Å². The van der Waals surface area contributed by atoms with Gasteiger partial charge in [0.15, 0.2) is 0 Å². The number of rotatable bonds is 1. The molecule has 1 atom stereocenters. The Morgan fingerprint density at radius 2 is 2.17 bits per heavy atom. The van der Waals surface area contributed by atoms with Crippen LogP contribution >= 0.6 is 23.2 Å². The van der Waals surface area contributed by atoms with Crippen LogP contribution in [0, 0.1) is 0 Å². The van der Waals surface area contributed by atoms with Gasteiger partial charge in [0.25, 0.3) is 5.91 Å². The van der Waals surface area contributed by atoms with E-state index in [0.717, 1.165) is 19.5 Å². The highest BCUT2D eigenvalue weighted by molar-refractivity contribution is 6.35. The maximum Gasteiger partial charge on any atom is 0.255 e. The number of halogens is 2. The van der Waals surface area contributed by atoms with Gasteiger partial charge >= 0.3 is 0 Å². The summed E-state index contributed by atoms with van der Waals surface area (Å²) >= 11 is 12.0. The first-order chi connectivity index (χ1) is 8.59. The molecule has 1 aromatic carbocycles. The summed E-state index contributed by atoms with van der Waals surface area (Å²) in [5.74, 6) is -0.0429. The number of nitrogens with zero attached hydrogens (tertiary/aromatic N) is 1. The highest BCUT2D eigenvalue weighted by Gasteiger charge is 2.24. The van der Waals surface area contributed by atoms with E-state index in [0.29, 0.717) is 22.2 Å². The summed E-state index contributed by atoms with van der Waals surface area (Å²) in [6, 6.07) is 5.20. The van der Waals surface area contributed by atoms with Crippen LogP contribution in [0.25, 0.3) is 0 Å². The summed E-state index contributed by atoms with van der Waals surface area (Å²) < 4.78 is 0. The minimum Gasteiger partial charge on any atom is -0.335 e. The van der Waals surface area contributed by atoms with E-state index in [-0.39, 0.29) is 11.9 Å². The Morgan fingerprint density at radius 3 is 2.94 bits per heavy atom. The first-order valence-electron chi connectivity index (χ1n) is 6.06. The Morgan fingerprint density at radius 1 is 1.39 bits per heavy atom. The van der Waals surface area contributed by atoms with Crippen LogP contribution in [0.15, 0.2) is 18.2 Å². The summed E-state index contributed by atoms with van der Waals surface area (Å²) in [5, 5.41) is 4.27. The average molecular weight is 287 g/mol. The Labute approximate surface area is 117 Å². The second-order valence-corrected chi connectivity index (χ2v) is 5.35. The number of carbonyl (C=O) groups excluding carboxylic acids is 1. The van der Waals surface area contributed by atoms with E-state index in [9.17, 15) is 4.79 Å². The summed E-state index contributed by atoms with van der Waals surface area (Å²) in [5.41, 5.74) is 0.484. The summed E-state index contributed by atoms with van der Waals surface area (Å²) in [6.07, 6.45) is 0.948. The van der Waals surface area contributed by atoms with Crippen LogP contribution in [-0.4, -0.2) is 36.5 Å². The predicted molar refractivity (Wildman–Crippen MR) is 74.4 cm³/mol. The molecule has 1 aliphatic rings. The lowest BCUT2D eigenvalue weighted by Crippen LogP contribution is -2.39. The van der Waals surface area contributed by atoms with Crippen molar-refractivity contribution in [2.45, 2.75) is 19.4 Å². The van der Waals surface area contributed by atoms with Gasteiger partial charge in [-0.05, 0) is 38.1 Å². The molecule has 0 aliphatic carbocycles. The van der Waals surface area contributed by atoms with Crippen LogP contribution in [0.2, 0.25) is 10.0 Å². The molecule has 0 saturated carbocycles.